The van der Waals surface area contributed by atoms with Crippen LogP contribution < -0.4 is 14.8 Å². The van der Waals surface area contributed by atoms with Gasteiger partial charge in [-0.05, 0) is 43.2 Å². The summed E-state index contributed by atoms with van der Waals surface area (Å²) in [5.74, 6) is 1.98. The lowest BCUT2D eigenvalue weighted by Crippen LogP contribution is -2.15. The smallest absolute Gasteiger partial charge is 0.274 e. The predicted octanol–water partition coefficient (Wildman–Crippen LogP) is 4.10. The average Bonchev–Trinajstić information content (AvgIpc) is 2.64. The molecular weight excluding hydrogens is 368 g/mol. The molecule has 0 spiro atoms. The summed E-state index contributed by atoms with van der Waals surface area (Å²) in [4.78, 5) is 22.7. The third-order valence-electron chi connectivity index (χ3n) is 4.11. The Hall–Kier alpha value is -2.74. The predicted molar refractivity (Wildman–Crippen MR) is 107 cm³/mol. The van der Waals surface area contributed by atoms with Crippen molar-refractivity contribution >= 4 is 29.0 Å². The highest BCUT2D eigenvalue weighted by atomic mass is 32.2. The van der Waals surface area contributed by atoms with Gasteiger partial charge in [-0.2, -0.15) is 0 Å². The molecule has 144 valence electrons. The Morgan fingerprint density at radius 1 is 1.19 bits per heavy atom. The third kappa shape index (κ3) is 5.13. The van der Waals surface area contributed by atoms with Gasteiger partial charge in [0.05, 0.1) is 36.1 Å². The lowest BCUT2D eigenvalue weighted by Gasteiger charge is -2.13. The number of nitrogens with zero attached hydrogens (tertiary/aromatic N) is 1. The van der Waals surface area contributed by atoms with Crippen LogP contribution in [0.4, 0.5) is 11.4 Å². The van der Waals surface area contributed by atoms with E-state index < -0.39 is 4.92 Å². The molecule has 0 atom stereocenters. The number of anilines is 1. The number of rotatable bonds is 8. The number of aryl methyl sites for hydroxylation is 1. The van der Waals surface area contributed by atoms with Crippen molar-refractivity contribution in [2.75, 3.05) is 25.3 Å². The number of carbonyl (C=O) groups is 1. The molecule has 0 aromatic heterocycles. The third-order valence-corrected chi connectivity index (χ3v) is 5.09. The number of hydrogen-bond donors (Lipinski definition) is 1. The summed E-state index contributed by atoms with van der Waals surface area (Å²) in [5, 5.41) is 13.7. The molecule has 7 nitrogen and oxygen atoms in total. The van der Waals surface area contributed by atoms with Crippen LogP contribution in [0.3, 0.4) is 0 Å². The van der Waals surface area contributed by atoms with Crippen molar-refractivity contribution < 1.29 is 19.2 Å². The molecule has 0 radical (unpaired) electrons. The fraction of sp³-hybridized carbons (Fsp3) is 0.316. The first-order chi connectivity index (χ1) is 12.9. The van der Waals surface area contributed by atoms with Gasteiger partial charge >= 0.3 is 0 Å². The van der Waals surface area contributed by atoms with Crippen molar-refractivity contribution in [2.45, 2.75) is 19.6 Å². The first-order valence-electron chi connectivity index (χ1n) is 8.20. The van der Waals surface area contributed by atoms with Crippen molar-refractivity contribution in [1.82, 2.24) is 0 Å². The van der Waals surface area contributed by atoms with E-state index >= 15 is 0 Å². The van der Waals surface area contributed by atoms with Gasteiger partial charge in [0.2, 0.25) is 5.91 Å². The van der Waals surface area contributed by atoms with Crippen LogP contribution in [0, 0.1) is 24.0 Å². The van der Waals surface area contributed by atoms with Crippen LogP contribution in [-0.4, -0.2) is 30.8 Å². The SMILES string of the molecule is COc1cc(C)c(CSCC(=O)Nc2cccc([N+](=O)[O-])c2C)cc1OC. The quantitative estimate of drug-likeness (QED) is 0.539. The minimum Gasteiger partial charge on any atom is -0.493 e. The van der Waals surface area contributed by atoms with Crippen molar-refractivity contribution in [3.05, 3.63) is 57.1 Å². The van der Waals surface area contributed by atoms with Gasteiger partial charge in [0, 0.05) is 11.8 Å². The van der Waals surface area contributed by atoms with Crippen molar-refractivity contribution in [3.63, 3.8) is 0 Å². The maximum Gasteiger partial charge on any atom is 0.274 e. The fourth-order valence-corrected chi connectivity index (χ4v) is 3.47. The zero-order chi connectivity index (χ0) is 20.0. The van der Waals surface area contributed by atoms with Gasteiger partial charge < -0.3 is 14.8 Å². The molecule has 1 N–H and O–H groups in total. The number of nitro benzene ring substituents is 1. The Morgan fingerprint density at radius 2 is 1.85 bits per heavy atom. The summed E-state index contributed by atoms with van der Waals surface area (Å²) >= 11 is 1.45. The summed E-state index contributed by atoms with van der Waals surface area (Å²) in [6.07, 6.45) is 0. The highest BCUT2D eigenvalue weighted by molar-refractivity contribution is 7.99. The second kappa shape index (κ2) is 9.27. The van der Waals surface area contributed by atoms with Gasteiger partial charge in [-0.3, -0.25) is 14.9 Å². The highest BCUT2D eigenvalue weighted by Crippen LogP contribution is 2.32. The lowest BCUT2D eigenvalue weighted by atomic mass is 10.1. The first kappa shape index (κ1) is 20.6. The van der Waals surface area contributed by atoms with Crippen LogP contribution in [0.15, 0.2) is 30.3 Å². The van der Waals surface area contributed by atoms with Crippen LogP contribution in [-0.2, 0) is 10.5 Å². The second-order valence-electron chi connectivity index (χ2n) is 5.88. The number of benzene rings is 2. The highest BCUT2D eigenvalue weighted by Gasteiger charge is 2.15. The number of nitro groups is 1. The van der Waals surface area contributed by atoms with Crippen molar-refractivity contribution in [3.8, 4) is 11.5 Å². The van der Waals surface area contributed by atoms with Gasteiger partial charge in [0.15, 0.2) is 11.5 Å². The van der Waals surface area contributed by atoms with Gasteiger partial charge in [0.1, 0.15) is 0 Å². The zero-order valence-corrected chi connectivity index (χ0v) is 16.5. The molecule has 0 heterocycles. The molecule has 2 aromatic carbocycles. The minimum absolute atomic E-state index is 0.0126. The minimum atomic E-state index is -0.459. The zero-order valence-electron chi connectivity index (χ0n) is 15.7. The van der Waals surface area contributed by atoms with Crippen LogP contribution in [0.25, 0.3) is 0 Å². The first-order valence-corrected chi connectivity index (χ1v) is 9.36. The van der Waals surface area contributed by atoms with E-state index in [9.17, 15) is 14.9 Å². The van der Waals surface area contributed by atoms with Gasteiger partial charge in [0.25, 0.3) is 5.69 Å². The Bertz CT molecular complexity index is 854. The molecular formula is C19H22N2O5S. The number of amides is 1. The Balaban J connectivity index is 1.97. The van der Waals surface area contributed by atoms with E-state index in [4.69, 9.17) is 9.47 Å². The topological polar surface area (TPSA) is 90.7 Å². The molecule has 0 saturated carbocycles. The molecule has 0 aliphatic rings. The number of hydrogen-bond acceptors (Lipinski definition) is 6. The van der Waals surface area contributed by atoms with E-state index in [1.54, 1.807) is 33.3 Å². The number of thioether (sulfide) groups is 1. The van der Waals surface area contributed by atoms with Crippen LogP contribution in [0.2, 0.25) is 0 Å². The number of methoxy groups -OCH3 is 2. The largest absolute Gasteiger partial charge is 0.493 e. The van der Waals surface area contributed by atoms with E-state index in [0.717, 1.165) is 11.1 Å². The summed E-state index contributed by atoms with van der Waals surface area (Å²) in [7, 11) is 3.17. The number of carbonyl (C=O) groups excluding carboxylic acids is 1. The second-order valence-corrected chi connectivity index (χ2v) is 6.87. The van der Waals surface area contributed by atoms with Crippen LogP contribution in [0.1, 0.15) is 16.7 Å². The molecule has 0 aliphatic carbocycles. The molecule has 0 unspecified atom stereocenters. The number of nitrogens with one attached hydrogen (secondary N) is 1. The van der Waals surface area contributed by atoms with Crippen molar-refractivity contribution in [1.29, 1.82) is 0 Å². The molecule has 0 fully saturated rings. The maximum absolute atomic E-state index is 12.2. The Morgan fingerprint density at radius 3 is 2.48 bits per heavy atom. The summed E-state index contributed by atoms with van der Waals surface area (Å²) in [5.41, 5.74) is 2.99. The van der Waals surface area contributed by atoms with Crippen LogP contribution >= 0.6 is 11.8 Å². The van der Waals surface area contributed by atoms with Gasteiger partial charge in [-0.25, -0.2) is 0 Å². The summed E-state index contributed by atoms with van der Waals surface area (Å²) < 4.78 is 10.6. The maximum atomic E-state index is 12.2. The standard InChI is InChI=1S/C19H22N2O5S/c1-12-8-17(25-3)18(26-4)9-14(12)10-27-11-19(22)20-15-6-5-7-16(13(15)2)21(23)24/h5-9H,10-11H2,1-4H3,(H,20,22). The summed E-state index contributed by atoms with van der Waals surface area (Å²) in [6, 6.07) is 8.44. The normalized spacial score (nSPS) is 10.4. The molecule has 27 heavy (non-hydrogen) atoms. The van der Waals surface area contributed by atoms with Gasteiger partial charge in [-0.1, -0.05) is 6.07 Å². The number of ether oxygens (including phenoxy) is 2. The van der Waals surface area contributed by atoms with E-state index in [1.165, 1.54) is 17.8 Å². The van der Waals surface area contributed by atoms with E-state index in [1.807, 2.05) is 19.1 Å². The molecule has 2 aromatic rings. The molecule has 8 heteroatoms. The lowest BCUT2D eigenvalue weighted by molar-refractivity contribution is -0.385. The molecule has 0 aliphatic heterocycles. The molecule has 1 amide bonds. The molecule has 2 rings (SSSR count). The van der Waals surface area contributed by atoms with Gasteiger partial charge in [-0.15, -0.1) is 11.8 Å². The fourth-order valence-electron chi connectivity index (χ4n) is 2.57. The van der Waals surface area contributed by atoms with Crippen molar-refractivity contribution in [2.24, 2.45) is 0 Å². The molecule has 0 bridgehead atoms. The monoisotopic (exact) mass is 390 g/mol. The summed E-state index contributed by atoms with van der Waals surface area (Å²) in [6.45, 7) is 3.60. The van der Waals surface area contributed by atoms with Crippen LogP contribution in [0.5, 0.6) is 11.5 Å². The molecule has 0 saturated heterocycles. The Labute approximate surface area is 162 Å². The van der Waals surface area contributed by atoms with E-state index in [-0.39, 0.29) is 17.3 Å². The Kier molecular flexibility index (Phi) is 7.06. The van der Waals surface area contributed by atoms with E-state index in [2.05, 4.69) is 5.32 Å². The average molecular weight is 390 g/mol. The van der Waals surface area contributed by atoms with E-state index in [0.29, 0.717) is 28.5 Å².